The second-order valence-electron chi connectivity index (χ2n) is 18.1. The van der Waals surface area contributed by atoms with Crippen LogP contribution in [0.1, 0.15) is 258 Å². The number of unbranched alkanes of at least 4 members (excludes halogenated alkanes) is 32. The maximum Gasteiger partial charge on any atom is 0.472 e. The molecule has 64 heavy (non-hydrogen) atoms. The normalized spacial score (nSPS) is 13.7. The van der Waals surface area contributed by atoms with Gasteiger partial charge >= 0.3 is 19.8 Å². The average Bonchev–Trinajstić information content (AvgIpc) is 3.27. The van der Waals surface area contributed by atoms with E-state index < -0.39 is 57.6 Å². The molecular weight excluding hydrogens is 830 g/mol. The number of allylic oxidation sites excluding steroid dienone is 4. The van der Waals surface area contributed by atoms with Gasteiger partial charge in [0.25, 0.3) is 0 Å². The van der Waals surface area contributed by atoms with Crippen LogP contribution >= 0.6 is 7.82 Å². The fourth-order valence-corrected chi connectivity index (χ4v) is 8.37. The number of phosphoric acid groups is 1. The van der Waals surface area contributed by atoms with E-state index in [9.17, 15) is 34.1 Å². The first kappa shape index (κ1) is 62.0. The van der Waals surface area contributed by atoms with Crippen LogP contribution in [0.25, 0.3) is 0 Å². The topological polar surface area (TPSA) is 169 Å². The van der Waals surface area contributed by atoms with E-state index in [2.05, 4.69) is 43.5 Å². The van der Waals surface area contributed by atoms with Gasteiger partial charge < -0.3 is 25.2 Å². The lowest BCUT2D eigenvalue weighted by atomic mass is 10.0. The Labute approximate surface area is 391 Å². The molecule has 0 bridgehead atoms. The van der Waals surface area contributed by atoms with Gasteiger partial charge in [-0.05, 0) is 64.2 Å². The third-order valence-corrected chi connectivity index (χ3v) is 12.7. The first-order valence-electron chi connectivity index (χ1n) is 26.4. The number of aliphatic hydroxyl groups is 1. The highest BCUT2D eigenvalue weighted by molar-refractivity contribution is 7.47. The molecular formula is C52H98NO10P. The number of aliphatic hydroxyl groups excluding tert-OH is 1. The van der Waals surface area contributed by atoms with Gasteiger partial charge in [0.1, 0.15) is 12.7 Å². The van der Waals surface area contributed by atoms with Crippen molar-refractivity contribution in [2.45, 2.75) is 270 Å². The number of carbonyl (C=O) groups is 3. The van der Waals surface area contributed by atoms with Crippen LogP contribution in [0.15, 0.2) is 24.3 Å². The van der Waals surface area contributed by atoms with Crippen molar-refractivity contribution >= 4 is 25.7 Å². The summed E-state index contributed by atoms with van der Waals surface area (Å²) in [5.74, 6) is -2.36. The Kier molecular flexibility index (Phi) is 45.9. The standard InChI is InChI=1S/C52H98NO10P/c1-3-5-7-9-11-13-15-17-19-21-22-23-24-25-26-28-30-32-34-36-38-40-42-44-51(56)61-45-48(54)46-62-64(59,60)63-47-49(52(57)58)53-50(55)43-41-39-37-35-33-31-29-27-20-18-16-14-12-10-8-6-4-2/h17-20,48-49,54H,3-16,21-47H2,1-2H3,(H,53,55)(H,57,58)(H,59,60)/b19-17+,20-18-. The van der Waals surface area contributed by atoms with Crippen LogP contribution in [0, 0.1) is 0 Å². The minimum absolute atomic E-state index is 0.143. The van der Waals surface area contributed by atoms with Crippen molar-refractivity contribution in [2.75, 3.05) is 19.8 Å². The predicted molar refractivity (Wildman–Crippen MR) is 263 cm³/mol. The van der Waals surface area contributed by atoms with Crippen molar-refractivity contribution in [2.24, 2.45) is 0 Å². The van der Waals surface area contributed by atoms with Gasteiger partial charge in [-0.3, -0.25) is 18.6 Å². The van der Waals surface area contributed by atoms with Gasteiger partial charge in [-0.15, -0.1) is 0 Å². The number of amides is 1. The zero-order valence-corrected chi connectivity index (χ0v) is 42.0. The molecule has 0 radical (unpaired) electrons. The minimum atomic E-state index is -4.76. The summed E-state index contributed by atoms with van der Waals surface area (Å²) >= 11 is 0. The second-order valence-corrected chi connectivity index (χ2v) is 19.5. The summed E-state index contributed by atoms with van der Waals surface area (Å²) in [7, 11) is -4.76. The Hall–Kier alpha value is -2.04. The molecule has 0 aromatic rings. The molecule has 0 rings (SSSR count). The van der Waals surface area contributed by atoms with Crippen molar-refractivity contribution in [1.82, 2.24) is 5.32 Å². The number of carboxylic acids is 1. The fourth-order valence-electron chi connectivity index (χ4n) is 7.60. The van der Waals surface area contributed by atoms with E-state index in [0.29, 0.717) is 12.8 Å². The van der Waals surface area contributed by atoms with Gasteiger partial charge in [0.2, 0.25) is 5.91 Å². The Morgan fingerprint density at radius 1 is 0.484 bits per heavy atom. The number of phosphoric ester groups is 1. The number of aliphatic carboxylic acids is 1. The summed E-state index contributed by atoms with van der Waals surface area (Å²) < 4.78 is 27.0. The third-order valence-electron chi connectivity index (χ3n) is 11.7. The number of carbonyl (C=O) groups excluding carboxylic acids is 2. The molecule has 0 heterocycles. The zero-order valence-electron chi connectivity index (χ0n) is 41.1. The number of esters is 1. The molecule has 11 nitrogen and oxygen atoms in total. The van der Waals surface area contributed by atoms with Crippen LogP contribution in [-0.2, 0) is 32.7 Å². The number of carboxylic acid groups (broad SMARTS) is 1. The van der Waals surface area contributed by atoms with Crippen molar-refractivity contribution in [1.29, 1.82) is 0 Å². The third kappa shape index (κ3) is 46.5. The first-order valence-corrected chi connectivity index (χ1v) is 27.9. The molecule has 12 heteroatoms. The smallest absolute Gasteiger partial charge is 0.472 e. The van der Waals surface area contributed by atoms with E-state index >= 15 is 0 Å². The minimum Gasteiger partial charge on any atom is -0.480 e. The van der Waals surface area contributed by atoms with Crippen LogP contribution < -0.4 is 5.32 Å². The van der Waals surface area contributed by atoms with Gasteiger partial charge in [0.05, 0.1) is 13.2 Å². The monoisotopic (exact) mass is 928 g/mol. The summed E-state index contributed by atoms with van der Waals surface area (Å²) in [4.78, 5) is 46.1. The van der Waals surface area contributed by atoms with Crippen LogP contribution in [0.3, 0.4) is 0 Å². The largest absolute Gasteiger partial charge is 0.480 e. The Bertz CT molecular complexity index is 1180. The van der Waals surface area contributed by atoms with E-state index in [0.717, 1.165) is 51.4 Å². The molecule has 0 saturated carbocycles. The summed E-state index contributed by atoms with van der Waals surface area (Å²) in [6.45, 7) is 2.62. The van der Waals surface area contributed by atoms with Crippen LogP contribution in [0.2, 0.25) is 0 Å². The van der Waals surface area contributed by atoms with E-state index in [-0.39, 0.29) is 12.8 Å². The van der Waals surface area contributed by atoms with Crippen LogP contribution in [-0.4, -0.2) is 64.9 Å². The summed E-state index contributed by atoms with van der Waals surface area (Å²) in [5, 5.41) is 21.9. The molecule has 4 N–H and O–H groups in total. The van der Waals surface area contributed by atoms with Gasteiger partial charge in [-0.2, -0.15) is 0 Å². The lowest BCUT2D eigenvalue weighted by molar-refractivity contribution is -0.147. The molecule has 0 aliphatic rings. The molecule has 0 spiro atoms. The van der Waals surface area contributed by atoms with Crippen molar-refractivity contribution in [3.05, 3.63) is 24.3 Å². The van der Waals surface area contributed by atoms with Crippen molar-refractivity contribution in [3.8, 4) is 0 Å². The van der Waals surface area contributed by atoms with E-state index in [1.54, 1.807) is 0 Å². The molecule has 0 aliphatic carbocycles. The highest BCUT2D eigenvalue weighted by Gasteiger charge is 2.28. The summed E-state index contributed by atoms with van der Waals surface area (Å²) in [6.07, 6.45) is 52.0. The molecule has 0 aromatic heterocycles. The maximum absolute atomic E-state index is 12.3. The van der Waals surface area contributed by atoms with E-state index in [4.69, 9.17) is 13.8 Å². The molecule has 3 unspecified atom stereocenters. The molecule has 0 fully saturated rings. The van der Waals surface area contributed by atoms with E-state index in [1.807, 2.05) is 0 Å². The van der Waals surface area contributed by atoms with Crippen molar-refractivity contribution in [3.63, 3.8) is 0 Å². The number of hydrogen-bond donors (Lipinski definition) is 4. The molecule has 1 amide bonds. The van der Waals surface area contributed by atoms with Gasteiger partial charge in [0.15, 0.2) is 6.04 Å². The Morgan fingerprint density at radius 2 is 0.812 bits per heavy atom. The number of hydrogen-bond acceptors (Lipinski definition) is 8. The number of ether oxygens (including phenoxy) is 1. The molecule has 0 saturated heterocycles. The summed E-state index contributed by atoms with van der Waals surface area (Å²) in [5.41, 5.74) is 0. The quantitative estimate of drug-likeness (QED) is 0.0199. The Morgan fingerprint density at radius 3 is 1.19 bits per heavy atom. The number of rotatable bonds is 50. The second kappa shape index (κ2) is 47.5. The fraction of sp³-hybridized carbons (Fsp3) is 0.865. The summed E-state index contributed by atoms with van der Waals surface area (Å²) in [6, 6.07) is -1.55. The average molecular weight is 928 g/mol. The molecule has 0 aromatic carbocycles. The predicted octanol–water partition coefficient (Wildman–Crippen LogP) is 14.6. The highest BCUT2D eigenvalue weighted by Crippen LogP contribution is 2.43. The van der Waals surface area contributed by atoms with Crippen LogP contribution in [0.4, 0.5) is 0 Å². The SMILES string of the molecule is CCCCCCCC/C=C\CCCCCCCCCC(=O)NC(COP(=O)(O)OCC(O)COC(=O)CCCCCCCCCCCCCCC/C=C/CCCCCCCC)C(=O)O. The van der Waals surface area contributed by atoms with Gasteiger partial charge in [-0.1, -0.05) is 205 Å². The van der Waals surface area contributed by atoms with Gasteiger partial charge in [0, 0.05) is 12.8 Å². The first-order chi connectivity index (χ1) is 31.1. The highest BCUT2D eigenvalue weighted by atomic mass is 31.2. The lowest BCUT2D eigenvalue weighted by Gasteiger charge is -2.18. The van der Waals surface area contributed by atoms with E-state index in [1.165, 1.54) is 167 Å². The lowest BCUT2D eigenvalue weighted by Crippen LogP contribution is -2.43. The molecule has 0 aliphatic heterocycles. The molecule has 376 valence electrons. The molecule has 3 atom stereocenters. The Balaban J connectivity index is 3.78. The van der Waals surface area contributed by atoms with Gasteiger partial charge in [-0.25, -0.2) is 9.36 Å². The van der Waals surface area contributed by atoms with Crippen LogP contribution in [0.5, 0.6) is 0 Å². The van der Waals surface area contributed by atoms with Crippen molar-refractivity contribution < 1.29 is 47.8 Å². The maximum atomic E-state index is 12.3. The zero-order chi connectivity index (χ0) is 47.0. The number of nitrogens with one attached hydrogen (secondary N) is 1.